The highest BCUT2D eigenvalue weighted by molar-refractivity contribution is 7.14. The first-order chi connectivity index (χ1) is 16.1. The van der Waals surface area contributed by atoms with Crippen LogP contribution in [0.1, 0.15) is 35.3 Å². The lowest BCUT2D eigenvalue weighted by Crippen LogP contribution is -2.36. The van der Waals surface area contributed by atoms with Crippen LogP contribution in [0.2, 0.25) is 0 Å². The number of hydrogen-bond donors (Lipinski definition) is 1. The van der Waals surface area contributed by atoms with Gasteiger partial charge in [-0.2, -0.15) is 0 Å². The minimum Gasteiger partial charge on any atom is -0.495 e. The lowest BCUT2D eigenvalue weighted by atomic mass is 10.2. The molecule has 0 spiro atoms. The largest absolute Gasteiger partial charge is 0.495 e. The zero-order valence-corrected chi connectivity index (χ0v) is 19.5. The minimum absolute atomic E-state index is 0.107. The van der Waals surface area contributed by atoms with Gasteiger partial charge in [-0.05, 0) is 30.5 Å². The third kappa shape index (κ3) is 5.90. The van der Waals surface area contributed by atoms with E-state index in [0.29, 0.717) is 36.1 Å². The number of nitrogens with one attached hydrogen (secondary N) is 1. The number of benzene rings is 2. The van der Waals surface area contributed by atoms with Crippen molar-refractivity contribution in [3.63, 3.8) is 0 Å². The number of para-hydroxylation sites is 2. The molecule has 1 aromatic heterocycles. The fourth-order valence-corrected chi connectivity index (χ4v) is 4.56. The number of methoxy groups -OCH3 is 1. The fourth-order valence-electron chi connectivity index (χ4n) is 3.87. The Bertz CT molecular complexity index is 1080. The van der Waals surface area contributed by atoms with E-state index in [9.17, 15) is 9.59 Å². The Hall–Kier alpha value is -3.39. The second kappa shape index (κ2) is 11.0. The normalized spacial score (nSPS) is 13.1. The van der Waals surface area contributed by atoms with Gasteiger partial charge in [-0.1, -0.05) is 42.5 Å². The molecule has 1 saturated heterocycles. The first kappa shape index (κ1) is 22.8. The van der Waals surface area contributed by atoms with Crippen LogP contribution in [0.15, 0.2) is 60.0 Å². The monoisotopic (exact) mass is 464 g/mol. The van der Waals surface area contributed by atoms with Gasteiger partial charge in [0.25, 0.3) is 5.91 Å². The van der Waals surface area contributed by atoms with Gasteiger partial charge in [0, 0.05) is 38.0 Å². The van der Waals surface area contributed by atoms with E-state index < -0.39 is 0 Å². The molecule has 8 heteroatoms. The van der Waals surface area contributed by atoms with E-state index in [1.165, 1.54) is 11.3 Å². The Morgan fingerprint density at radius 3 is 2.58 bits per heavy atom. The molecule has 0 atom stereocenters. The van der Waals surface area contributed by atoms with E-state index >= 15 is 0 Å². The van der Waals surface area contributed by atoms with Gasteiger partial charge in [0.1, 0.15) is 11.4 Å². The molecule has 0 unspecified atom stereocenters. The highest BCUT2D eigenvalue weighted by Crippen LogP contribution is 2.29. The summed E-state index contributed by atoms with van der Waals surface area (Å²) < 4.78 is 5.38. The predicted octanol–water partition coefficient (Wildman–Crippen LogP) is 4.55. The summed E-state index contributed by atoms with van der Waals surface area (Å²) in [5, 5.41) is 5.58. The summed E-state index contributed by atoms with van der Waals surface area (Å²) in [5.74, 6) is 0.624. The molecule has 1 aliphatic heterocycles. The number of carbonyl (C=O) groups excluding carboxylic acids is 2. The predicted molar refractivity (Wildman–Crippen MR) is 130 cm³/mol. The molecule has 7 nitrogen and oxygen atoms in total. The van der Waals surface area contributed by atoms with Gasteiger partial charge in [-0.25, -0.2) is 4.98 Å². The summed E-state index contributed by atoms with van der Waals surface area (Å²) in [5.41, 5.74) is 2.16. The number of anilines is 2. The molecule has 1 N–H and O–H groups in total. The highest BCUT2D eigenvalue weighted by atomic mass is 32.1. The van der Waals surface area contributed by atoms with Crippen molar-refractivity contribution in [1.82, 2.24) is 14.8 Å². The van der Waals surface area contributed by atoms with Crippen LogP contribution in [0.4, 0.5) is 10.8 Å². The van der Waals surface area contributed by atoms with Crippen LogP contribution < -0.4 is 10.1 Å². The van der Waals surface area contributed by atoms with Gasteiger partial charge < -0.3 is 19.9 Å². The summed E-state index contributed by atoms with van der Waals surface area (Å²) in [7, 11) is 1.61. The van der Waals surface area contributed by atoms with Crippen molar-refractivity contribution in [2.75, 3.05) is 32.1 Å². The molecule has 33 heavy (non-hydrogen) atoms. The van der Waals surface area contributed by atoms with Gasteiger partial charge in [-0.15, -0.1) is 11.3 Å². The smallest absolute Gasteiger partial charge is 0.273 e. The molecule has 0 bridgehead atoms. The van der Waals surface area contributed by atoms with Crippen LogP contribution in [-0.4, -0.2) is 53.3 Å². The Morgan fingerprint density at radius 1 is 1.09 bits per heavy atom. The third-order valence-electron chi connectivity index (χ3n) is 5.63. The van der Waals surface area contributed by atoms with Crippen molar-refractivity contribution < 1.29 is 14.3 Å². The summed E-state index contributed by atoms with van der Waals surface area (Å²) in [6, 6.07) is 17.4. The Morgan fingerprint density at radius 2 is 1.82 bits per heavy atom. The summed E-state index contributed by atoms with van der Waals surface area (Å²) >= 11 is 1.36. The number of rotatable bonds is 9. The number of likely N-dealkylation sites (tertiary alicyclic amines) is 1. The summed E-state index contributed by atoms with van der Waals surface area (Å²) in [6.07, 6.45) is 2.42. The van der Waals surface area contributed by atoms with Crippen LogP contribution in [0.3, 0.4) is 0 Å². The van der Waals surface area contributed by atoms with E-state index in [4.69, 9.17) is 4.74 Å². The molecule has 0 saturated carbocycles. The molecule has 1 aliphatic rings. The first-order valence-corrected chi connectivity index (χ1v) is 12.0. The fraction of sp³-hybridized carbons (Fsp3) is 0.320. The number of aromatic nitrogens is 1. The number of carbonyl (C=O) groups is 2. The van der Waals surface area contributed by atoms with Gasteiger partial charge in [0.2, 0.25) is 5.91 Å². The van der Waals surface area contributed by atoms with Crippen molar-refractivity contribution in [3.8, 4) is 5.75 Å². The number of nitrogens with zero attached hydrogens (tertiary/aromatic N) is 3. The van der Waals surface area contributed by atoms with E-state index in [-0.39, 0.29) is 11.8 Å². The topological polar surface area (TPSA) is 74.8 Å². The van der Waals surface area contributed by atoms with E-state index in [2.05, 4.69) is 10.3 Å². The molecule has 2 aromatic carbocycles. The van der Waals surface area contributed by atoms with E-state index in [1.807, 2.05) is 59.5 Å². The standard InChI is InChI=1S/C25H28N4O3S/c1-32-22-12-6-5-11-20(22)26-25-27-21(18-33-25)24(31)29(17-19-9-3-2-4-10-19)16-13-23(30)28-14-7-8-15-28/h2-6,9-12,18H,7-8,13-17H2,1H3,(H,26,27). The maximum absolute atomic E-state index is 13.4. The van der Waals surface area contributed by atoms with Crippen LogP contribution in [0.25, 0.3) is 0 Å². The zero-order chi connectivity index (χ0) is 23.0. The van der Waals surface area contributed by atoms with Crippen LogP contribution in [0.5, 0.6) is 5.75 Å². The lowest BCUT2D eigenvalue weighted by Gasteiger charge is -2.23. The number of thiazole rings is 1. The second-order valence-corrected chi connectivity index (χ2v) is 8.77. The molecule has 2 amide bonds. The third-order valence-corrected chi connectivity index (χ3v) is 6.39. The molecule has 4 rings (SSSR count). The molecular weight excluding hydrogens is 436 g/mol. The molecule has 0 aliphatic carbocycles. The minimum atomic E-state index is -0.183. The number of hydrogen-bond acceptors (Lipinski definition) is 6. The highest BCUT2D eigenvalue weighted by Gasteiger charge is 2.23. The maximum atomic E-state index is 13.4. The number of ether oxygens (including phenoxy) is 1. The number of amides is 2. The molecule has 2 heterocycles. The van der Waals surface area contributed by atoms with Crippen molar-refractivity contribution in [1.29, 1.82) is 0 Å². The molecule has 1 fully saturated rings. The maximum Gasteiger partial charge on any atom is 0.273 e. The van der Waals surface area contributed by atoms with Crippen molar-refractivity contribution in [3.05, 3.63) is 71.2 Å². The average Bonchev–Trinajstić information content (AvgIpc) is 3.55. The van der Waals surface area contributed by atoms with Gasteiger partial charge >= 0.3 is 0 Å². The molecule has 172 valence electrons. The Labute approximate surface area is 198 Å². The van der Waals surface area contributed by atoms with Crippen LogP contribution in [-0.2, 0) is 11.3 Å². The molecule has 3 aromatic rings. The molecule has 0 radical (unpaired) electrons. The quantitative estimate of drug-likeness (QED) is 0.503. The summed E-state index contributed by atoms with van der Waals surface area (Å²) in [6.45, 7) is 2.42. The average molecular weight is 465 g/mol. The Balaban J connectivity index is 1.47. The van der Waals surface area contributed by atoms with Gasteiger partial charge in [0.15, 0.2) is 5.13 Å². The van der Waals surface area contributed by atoms with Crippen LogP contribution in [0, 0.1) is 0 Å². The second-order valence-electron chi connectivity index (χ2n) is 7.91. The van der Waals surface area contributed by atoms with Crippen molar-refractivity contribution in [2.24, 2.45) is 0 Å². The van der Waals surface area contributed by atoms with E-state index in [1.54, 1.807) is 17.4 Å². The zero-order valence-electron chi connectivity index (χ0n) is 18.7. The Kier molecular flexibility index (Phi) is 7.57. The van der Waals surface area contributed by atoms with Crippen LogP contribution >= 0.6 is 11.3 Å². The van der Waals surface area contributed by atoms with E-state index in [0.717, 1.165) is 37.2 Å². The van der Waals surface area contributed by atoms with Crippen molar-refractivity contribution in [2.45, 2.75) is 25.8 Å². The first-order valence-electron chi connectivity index (χ1n) is 11.1. The SMILES string of the molecule is COc1ccccc1Nc1nc(C(=O)N(CCC(=O)N2CCCC2)Cc2ccccc2)cs1. The summed E-state index contributed by atoms with van der Waals surface area (Å²) in [4.78, 5) is 34.1. The van der Waals surface area contributed by atoms with Gasteiger partial charge in [-0.3, -0.25) is 9.59 Å². The van der Waals surface area contributed by atoms with Gasteiger partial charge in [0.05, 0.1) is 12.8 Å². The van der Waals surface area contributed by atoms with Crippen molar-refractivity contribution >= 4 is 34.0 Å². The molecular formula is C25H28N4O3S. The lowest BCUT2D eigenvalue weighted by molar-refractivity contribution is -0.130.